The molecule has 122 valence electrons. The average molecular weight is 331 g/mol. The molecule has 0 saturated carbocycles. The van der Waals surface area contributed by atoms with Crippen molar-refractivity contribution < 1.29 is 4.79 Å². The van der Waals surface area contributed by atoms with Gasteiger partial charge in [-0.3, -0.25) is 4.79 Å². The van der Waals surface area contributed by atoms with Gasteiger partial charge in [-0.05, 0) is 25.5 Å². The van der Waals surface area contributed by atoms with E-state index in [1.54, 1.807) is 6.33 Å². The maximum absolute atomic E-state index is 12.6. The topological polar surface area (TPSA) is 63.1 Å². The first-order valence-electron chi connectivity index (χ1n) is 7.74. The fraction of sp³-hybridized carbons (Fsp3) is 0.438. The third kappa shape index (κ3) is 3.85. The molecule has 1 N–H and O–H groups in total. The number of benzene rings is 1. The van der Waals surface area contributed by atoms with Gasteiger partial charge in [-0.1, -0.05) is 30.0 Å². The third-order valence-corrected chi connectivity index (χ3v) is 5.08. The van der Waals surface area contributed by atoms with Crippen LogP contribution in [0.3, 0.4) is 0 Å². The van der Waals surface area contributed by atoms with Crippen molar-refractivity contribution in [3.8, 4) is 0 Å². The first-order chi connectivity index (χ1) is 11.1. The molecule has 23 heavy (non-hydrogen) atoms. The highest BCUT2D eigenvalue weighted by atomic mass is 32.2. The number of nitrogens with zero attached hydrogens (tertiary/aromatic N) is 4. The van der Waals surface area contributed by atoms with Crippen LogP contribution >= 0.6 is 11.8 Å². The second-order valence-electron chi connectivity index (χ2n) is 5.76. The van der Waals surface area contributed by atoms with Crippen molar-refractivity contribution in [3.05, 3.63) is 36.7 Å². The number of carbonyl (C=O) groups excluding carboxylic acids is 1. The number of likely N-dealkylation sites (tertiary alicyclic amines) is 1. The number of amides is 1. The summed E-state index contributed by atoms with van der Waals surface area (Å²) in [6.45, 7) is 3.48. The first-order valence-corrected chi connectivity index (χ1v) is 8.62. The van der Waals surface area contributed by atoms with Gasteiger partial charge < -0.3 is 14.8 Å². The second kappa shape index (κ2) is 7.04. The predicted octanol–water partition coefficient (Wildman–Crippen LogP) is 2.01. The highest BCUT2D eigenvalue weighted by Crippen LogP contribution is 2.24. The highest BCUT2D eigenvalue weighted by molar-refractivity contribution is 8.00. The van der Waals surface area contributed by atoms with Crippen molar-refractivity contribution in [2.75, 3.05) is 18.4 Å². The molecule has 6 nitrogen and oxygen atoms in total. The Kier molecular flexibility index (Phi) is 4.85. The molecule has 0 radical (unpaired) electrons. The van der Waals surface area contributed by atoms with Crippen LogP contribution in [0.2, 0.25) is 0 Å². The summed E-state index contributed by atoms with van der Waals surface area (Å²) in [5.41, 5.74) is 1.10. The van der Waals surface area contributed by atoms with Crippen LogP contribution in [0, 0.1) is 0 Å². The van der Waals surface area contributed by atoms with E-state index in [9.17, 15) is 4.79 Å². The molecule has 2 aromatic rings. The zero-order valence-corrected chi connectivity index (χ0v) is 14.2. The summed E-state index contributed by atoms with van der Waals surface area (Å²) in [7, 11) is 1.88. The molecular weight excluding hydrogens is 310 g/mol. The Hall–Kier alpha value is -2.02. The van der Waals surface area contributed by atoms with Gasteiger partial charge in [-0.15, -0.1) is 10.2 Å². The van der Waals surface area contributed by atoms with E-state index in [2.05, 4.69) is 27.6 Å². The van der Waals surface area contributed by atoms with Crippen LogP contribution in [0.25, 0.3) is 0 Å². The third-order valence-electron chi connectivity index (χ3n) is 3.94. The number of nitrogens with one attached hydrogen (secondary N) is 1. The summed E-state index contributed by atoms with van der Waals surface area (Å²) in [4.78, 5) is 14.5. The van der Waals surface area contributed by atoms with Gasteiger partial charge in [-0.25, -0.2) is 0 Å². The molecule has 1 aromatic carbocycles. The Morgan fingerprint density at radius 3 is 2.87 bits per heavy atom. The Morgan fingerprint density at radius 2 is 2.17 bits per heavy atom. The number of anilines is 1. The quantitative estimate of drug-likeness (QED) is 0.849. The van der Waals surface area contributed by atoms with Crippen LogP contribution in [0.1, 0.15) is 13.3 Å². The van der Waals surface area contributed by atoms with E-state index in [0.29, 0.717) is 6.04 Å². The van der Waals surface area contributed by atoms with Crippen LogP contribution in [0.4, 0.5) is 5.69 Å². The summed E-state index contributed by atoms with van der Waals surface area (Å²) in [6, 6.07) is 10.4. The smallest absolute Gasteiger partial charge is 0.235 e. The van der Waals surface area contributed by atoms with Gasteiger partial charge in [0.05, 0.1) is 5.25 Å². The molecular formula is C16H21N5OS. The van der Waals surface area contributed by atoms with Gasteiger partial charge in [0.15, 0.2) is 5.16 Å². The Morgan fingerprint density at radius 1 is 1.39 bits per heavy atom. The standard InChI is InChI=1S/C16H21N5OS/c1-12(23-16-19-17-11-20(16)2)15(22)21-9-8-14(10-21)18-13-6-4-3-5-7-13/h3-7,11-12,14,18H,8-10H2,1-2H3/t12-,14-/m1/s1. The molecule has 1 aliphatic rings. The van der Waals surface area contributed by atoms with Crippen molar-refractivity contribution >= 4 is 23.4 Å². The Balaban J connectivity index is 1.53. The zero-order chi connectivity index (χ0) is 16.2. The Bertz CT molecular complexity index is 660. The lowest BCUT2D eigenvalue weighted by Gasteiger charge is -2.21. The summed E-state index contributed by atoms with van der Waals surface area (Å²) in [5, 5.41) is 12.0. The summed E-state index contributed by atoms with van der Waals surface area (Å²) in [6.07, 6.45) is 2.62. The molecule has 3 rings (SSSR count). The van der Waals surface area contributed by atoms with Crippen LogP contribution in [-0.2, 0) is 11.8 Å². The molecule has 0 unspecified atom stereocenters. The summed E-state index contributed by atoms with van der Waals surface area (Å²) < 4.78 is 1.83. The van der Waals surface area contributed by atoms with E-state index in [4.69, 9.17) is 0 Å². The fourth-order valence-electron chi connectivity index (χ4n) is 2.69. The molecule has 1 aliphatic heterocycles. The SMILES string of the molecule is C[C@@H](Sc1nncn1C)C(=O)N1CC[C@@H](Nc2ccccc2)C1. The minimum Gasteiger partial charge on any atom is -0.380 e. The number of hydrogen-bond acceptors (Lipinski definition) is 5. The first kappa shape index (κ1) is 15.9. The van der Waals surface area contributed by atoms with Crippen LogP contribution in [-0.4, -0.2) is 50.0 Å². The zero-order valence-electron chi connectivity index (χ0n) is 13.3. The number of carbonyl (C=O) groups is 1. The number of rotatable bonds is 5. The van der Waals surface area contributed by atoms with E-state index in [-0.39, 0.29) is 11.2 Å². The van der Waals surface area contributed by atoms with Crippen molar-refractivity contribution in [1.29, 1.82) is 0 Å². The lowest BCUT2D eigenvalue weighted by molar-refractivity contribution is -0.129. The van der Waals surface area contributed by atoms with Gasteiger partial charge in [0, 0.05) is 31.9 Å². The van der Waals surface area contributed by atoms with Crippen molar-refractivity contribution in [3.63, 3.8) is 0 Å². The molecule has 1 amide bonds. The van der Waals surface area contributed by atoms with E-state index in [1.165, 1.54) is 11.8 Å². The van der Waals surface area contributed by atoms with Crippen molar-refractivity contribution in [2.45, 2.75) is 29.8 Å². The minimum absolute atomic E-state index is 0.159. The molecule has 7 heteroatoms. The van der Waals surface area contributed by atoms with E-state index >= 15 is 0 Å². The Labute approximate surface area is 140 Å². The van der Waals surface area contributed by atoms with Crippen LogP contribution in [0.15, 0.2) is 41.8 Å². The molecule has 2 atom stereocenters. The molecule has 1 saturated heterocycles. The van der Waals surface area contributed by atoms with Crippen LogP contribution in [0.5, 0.6) is 0 Å². The highest BCUT2D eigenvalue weighted by Gasteiger charge is 2.30. The largest absolute Gasteiger partial charge is 0.380 e. The number of aromatic nitrogens is 3. The lowest BCUT2D eigenvalue weighted by atomic mass is 10.2. The normalized spacial score (nSPS) is 18.9. The van der Waals surface area contributed by atoms with Gasteiger partial charge in [0.2, 0.25) is 5.91 Å². The second-order valence-corrected chi connectivity index (χ2v) is 7.07. The molecule has 2 heterocycles. The van der Waals surface area contributed by atoms with Gasteiger partial charge in [0.1, 0.15) is 6.33 Å². The summed E-state index contributed by atoms with van der Waals surface area (Å²) in [5.74, 6) is 0.162. The van der Waals surface area contributed by atoms with E-state index < -0.39 is 0 Å². The van der Waals surface area contributed by atoms with Gasteiger partial charge in [0.25, 0.3) is 0 Å². The molecule has 1 fully saturated rings. The number of thioether (sulfide) groups is 1. The molecule has 0 aliphatic carbocycles. The van der Waals surface area contributed by atoms with Crippen LogP contribution < -0.4 is 5.32 Å². The van der Waals surface area contributed by atoms with Gasteiger partial charge >= 0.3 is 0 Å². The number of para-hydroxylation sites is 1. The maximum atomic E-state index is 12.6. The molecule has 0 spiro atoms. The summed E-state index contributed by atoms with van der Waals surface area (Å²) >= 11 is 1.45. The van der Waals surface area contributed by atoms with Crippen molar-refractivity contribution in [1.82, 2.24) is 19.7 Å². The fourth-order valence-corrected chi connectivity index (χ4v) is 3.57. The van der Waals surface area contributed by atoms with E-state index in [1.807, 2.05) is 41.6 Å². The monoisotopic (exact) mass is 331 g/mol. The maximum Gasteiger partial charge on any atom is 0.235 e. The molecule has 1 aromatic heterocycles. The predicted molar refractivity (Wildman–Crippen MR) is 91.4 cm³/mol. The lowest BCUT2D eigenvalue weighted by Crippen LogP contribution is -2.36. The van der Waals surface area contributed by atoms with Crippen molar-refractivity contribution in [2.24, 2.45) is 7.05 Å². The average Bonchev–Trinajstić information content (AvgIpc) is 3.17. The minimum atomic E-state index is -0.159. The number of hydrogen-bond donors (Lipinski definition) is 1. The van der Waals surface area contributed by atoms with Gasteiger partial charge in [-0.2, -0.15) is 0 Å². The van der Waals surface area contributed by atoms with E-state index in [0.717, 1.165) is 30.4 Å². The number of aryl methyl sites for hydroxylation is 1. The molecule has 0 bridgehead atoms.